The largest absolute Gasteiger partial charge is 0.391 e. The van der Waals surface area contributed by atoms with E-state index in [1.165, 1.54) is 25.7 Å². The summed E-state index contributed by atoms with van der Waals surface area (Å²) in [7, 11) is 0. The Morgan fingerprint density at radius 1 is 0.964 bits per heavy atom. The number of unbranched alkanes of at least 4 members (excludes halogenated alkanes) is 7. The molecule has 0 unspecified atom stereocenters. The normalized spacial score (nSPS) is 20.0. The molecule has 28 heavy (non-hydrogen) atoms. The molecular formula is C23H43NO4. The highest BCUT2D eigenvalue weighted by molar-refractivity contribution is 5.78. The first kappa shape index (κ1) is 25.1. The third-order valence-electron chi connectivity index (χ3n) is 5.41. The van der Waals surface area contributed by atoms with Crippen LogP contribution < -0.4 is 0 Å². The van der Waals surface area contributed by atoms with Gasteiger partial charge in [0.2, 0.25) is 5.91 Å². The maximum atomic E-state index is 12.5. The van der Waals surface area contributed by atoms with Crippen LogP contribution in [-0.2, 0) is 14.3 Å². The zero-order valence-electron chi connectivity index (χ0n) is 18.7. The van der Waals surface area contributed by atoms with Crippen molar-refractivity contribution < 1.29 is 19.4 Å². The second-order valence-corrected chi connectivity index (χ2v) is 9.23. The van der Waals surface area contributed by atoms with E-state index >= 15 is 0 Å². The molecule has 1 heterocycles. The molecule has 164 valence electrons. The highest BCUT2D eigenvalue weighted by Gasteiger charge is 2.34. The van der Waals surface area contributed by atoms with Crippen LogP contribution in [0.5, 0.6) is 0 Å². The van der Waals surface area contributed by atoms with Crippen molar-refractivity contribution >= 4 is 11.7 Å². The first-order chi connectivity index (χ1) is 13.2. The fourth-order valence-corrected chi connectivity index (χ4v) is 3.68. The highest BCUT2D eigenvalue weighted by atomic mass is 16.5. The van der Waals surface area contributed by atoms with E-state index < -0.39 is 6.10 Å². The van der Waals surface area contributed by atoms with Crippen LogP contribution in [0.25, 0.3) is 0 Å². The molecule has 1 aliphatic rings. The number of amides is 1. The van der Waals surface area contributed by atoms with E-state index in [9.17, 15) is 14.7 Å². The number of Topliss-reactive ketones (excluding diaryl/α,β-unsaturated/α-hetero) is 1. The molecule has 5 heteroatoms. The van der Waals surface area contributed by atoms with E-state index in [0.717, 1.165) is 32.1 Å². The van der Waals surface area contributed by atoms with Gasteiger partial charge >= 0.3 is 0 Å². The van der Waals surface area contributed by atoms with Crippen molar-refractivity contribution in [1.29, 1.82) is 0 Å². The smallest absolute Gasteiger partial charge is 0.222 e. The van der Waals surface area contributed by atoms with E-state index in [4.69, 9.17) is 4.74 Å². The number of hydrogen-bond donors (Lipinski definition) is 1. The van der Waals surface area contributed by atoms with Crippen molar-refractivity contribution in [3.05, 3.63) is 0 Å². The maximum Gasteiger partial charge on any atom is 0.222 e. The quantitative estimate of drug-likeness (QED) is 0.434. The van der Waals surface area contributed by atoms with Gasteiger partial charge in [0.25, 0.3) is 0 Å². The van der Waals surface area contributed by atoms with Gasteiger partial charge in [-0.2, -0.15) is 0 Å². The van der Waals surface area contributed by atoms with Crippen LogP contribution in [0.1, 0.15) is 105 Å². The van der Waals surface area contributed by atoms with Gasteiger partial charge in [0.05, 0.1) is 24.4 Å². The molecular weight excluding hydrogens is 354 g/mol. The number of aliphatic hydroxyl groups is 1. The van der Waals surface area contributed by atoms with Crippen LogP contribution in [0, 0.1) is 0 Å². The number of nitrogens with zero attached hydrogens (tertiary/aromatic N) is 1. The Morgan fingerprint density at radius 2 is 1.50 bits per heavy atom. The predicted octanol–water partition coefficient (Wildman–Crippen LogP) is 4.64. The molecule has 1 amide bonds. The van der Waals surface area contributed by atoms with E-state index in [1.54, 1.807) is 0 Å². The van der Waals surface area contributed by atoms with E-state index in [2.05, 4.69) is 0 Å². The topological polar surface area (TPSA) is 66.8 Å². The SMILES string of the molecule is CCC(=O)CCCCCCCCCCC(=O)N1C[C@H](O)C[C@H]1COC(C)(C)C. The Balaban J connectivity index is 2.09. The zero-order chi connectivity index (χ0) is 21.0. The lowest BCUT2D eigenvalue weighted by Crippen LogP contribution is -2.40. The molecule has 2 atom stereocenters. The Morgan fingerprint density at radius 3 is 2.04 bits per heavy atom. The van der Waals surface area contributed by atoms with Gasteiger partial charge in [-0.25, -0.2) is 0 Å². The van der Waals surface area contributed by atoms with E-state index in [-0.39, 0.29) is 17.6 Å². The van der Waals surface area contributed by atoms with Crippen LogP contribution in [0.3, 0.4) is 0 Å². The second-order valence-electron chi connectivity index (χ2n) is 9.23. The number of ether oxygens (including phenoxy) is 1. The second kappa shape index (κ2) is 13.3. The lowest BCUT2D eigenvalue weighted by atomic mass is 10.0. The maximum absolute atomic E-state index is 12.5. The average molecular weight is 398 g/mol. The number of hydrogen-bond acceptors (Lipinski definition) is 4. The summed E-state index contributed by atoms with van der Waals surface area (Å²) in [6.07, 6.45) is 11.2. The molecule has 0 spiro atoms. The molecule has 0 saturated carbocycles. The van der Waals surface area contributed by atoms with Gasteiger partial charge in [0, 0.05) is 25.8 Å². The van der Waals surface area contributed by atoms with Gasteiger partial charge in [0.1, 0.15) is 5.78 Å². The van der Waals surface area contributed by atoms with Crippen LogP contribution in [0.4, 0.5) is 0 Å². The number of rotatable bonds is 14. The average Bonchev–Trinajstić information content (AvgIpc) is 3.01. The fourth-order valence-electron chi connectivity index (χ4n) is 3.68. The summed E-state index contributed by atoms with van der Waals surface area (Å²) in [5.41, 5.74) is -0.228. The molecule has 1 aliphatic heterocycles. The molecule has 0 aromatic carbocycles. The first-order valence-electron chi connectivity index (χ1n) is 11.4. The van der Waals surface area contributed by atoms with Crippen molar-refractivity contribution in [3.8, 4) is 0 Å². The van der Waals surface area contributed by atoms with Gasteiger partial charge in [-0.05, 0) is 40.0 Å². The number of ketones is 1. The van der Waals surface area contributed by atoms with Gasteiger partial charge in [-0.15, -0.1) is 0 Å². The van der Waals surface area contributed by atoms with Gasteiger partial charge in [-0.3, -0.25) is 9.59 Å². The summed E-state index contributed by atoms with van der Waals surface area (Å²) in [6.45, 7) is 8.90. The van der Waals surface area contributed by atoms with Crippen LogP contribution in [0.15, 0.2) is 0 Å². The van der Waals surface area contributed by atoms with Crippen molar-refractivity contribution in [2.24, 2.45) is 0 Å². The lowest BCUT2D eigenvalue weighted by molar-refractivity contribution is -0.134. The number of carbonyl (C=O) groups is 2. The third-order valence-corrected chi connectivity index (χ3v) is 5.41. The third kappa shape index (κ3) is 11.2. The molecule has 1 saturated heterocycles. The molecule has 0 aromatic rings. The van der Waals surface area contributed by atoms with Crippen molar-refractivity contribution in [2.45, 2.75) is 122 Å². The molecule has 1 fully saturated rings. The summed E-state index contributed by atoms with van der Waals surface area (Å²) in [5.74, 6) is 0.530. The summed E-state index contributed by atoms with van der Waals surface area (Å²) < 4.78 is 5.84. The molecule has 5 nitrogen and oxygen atoms in total. The van der Waals surface area contributed by atoms with E-state index in [0.29, 0.717) is 38.2 Å². The van der Waals surface area contributed by atoms with Crippen LogP contribution in [-0.4, -0.2) is 52.6 Å². The molecule has 0 bridgehead atoms. The Hall–Kier alpha value is -0.940. The molecule has 0 aromatic heterocycles. The van der Waals surface area contributed by atoms with E-state index in [1.807, 2.05) is 32.6 Å². The number of aliphatic hydroxyl groups excluding tert-OH is 1. The molecule has 1 rings (SSSR count). The van der Waals surface area contributed by atoms with Crippen LogP contribution >= 0.6 is 0 Å². The summed E-state index contributed by atoms with van der Waals surface area (Å²) in [5, 5.41) is 9.95. The highest BCUT2D eigenvalue weighted by Crippen LogP contribution is 2.22. The lowest BCUT2D eigenvalue weighted by Gasteiger charge is -2.28. The molecule has 0 radical (unpaired) electrons. The van der Waals surface area contributed by atoms with Crippen molar-refractivity contribution in [3.63, 3.8) is 0 Å². The minimum absolute atomic E-state index is 0.00122. The minimum Gasteiger partial charge on any atom is -0.391 e. The summed E-state index contributed by atoms with van der Waals surface area (Å²) in [4.78, 5) is 25.6. The van der Waals surface area contributed by atoms with Gasteiger partial charge in [-0.1, -0.05) is 45.4 Å². The Kier molecular flexibility index (Phi) is 11.9. The Labute approximate surface area is 172 Å². The van der Waals surface area contributed by atoms with Crippen molar-refractivity contribution in [1.82, 2.24) is 4.90 Å². The summed E-state index contributed by atoms with van der Waals surface area (Å²) in [6, 6.07) is 0.00122. The fraction of sp³-hybridized carbons (Fsp3) is 0.913. The predicted molar refractivity (Wildman–Crippen MR) is 113 cm³/mol. The van der Waals surface area contributed by atoms with Crippen molar-refractivity contribution in [2.75, 3.05) is 13.2 Å². The minimum atomic E-state index is -0.426. The van der Waals surface area contributed by atoms with Crippen LogP contribution in [0.2, 0.25) is 0 Å². The molecule has 0 aliphatic carbocycles. The number of β-amino-alcohol motifs (C(OH)–C–C–N with tert-alkyl or cyclic N) is 1. The Bertz CT molecular complexity index is 458. The zero-order valence-corrected chi connectivity index (χ0v) is 18.7. The van der Waals surface area contributed by atoms with Gasteiger partial charge in [0.15, 0.2) is 0 Å². The van der Waals surface area contributed by atoms with Gasteiger partial charge < -0.3 is 14.7 Å². The monoisotopic (exact) mass is 397 g/mol. The summed E-state index contributed by atoms with van der Waals surface area (Å²) >= 11 is 0. The number of carbonyl (C=O) groups excluding carboxylic acids is 2. The first-order valence-corrected chi connectivity index (χ1v) is 11.4. The number of likely N-dealkylation sites (tertiary alicyclic amines) is 1. The molecule has 1 N–H and O–H groups in total. The standard InChI is InChI=1S/C23H43NO4/c1-5-20(25)14-12-10-8-6-7-9-11-13-15-22(27)24-17-21(26)16-19(24)18-28-23(2,3)4/h19,21,26H,5-18H2,1-4H3/t19-,21+/m0/s1.